The molecule has 1 aromatic rings. The molecular formula is C13H16ClFN2O. The van der Waals surface area contributed by atoms with Gasteiger partial charge in [0.2, 0.25) is 0 Å². The third-order valence-electron chi connectivity index (χ3n) is 3.63. The average Bonchev–Trinajstić information content (AvgIpc) is 2.69. The van der Waals surface area contributed by atoms with Gasteiger partial charge in [0.15, 0.2) is 0 Å². The number of amides is 1. The zero-order chi connectivity index (χ0) is 11.8. The molecule has 0 aromatic heterocycles. The van der Waals surface area contributed by atoms with Crippen LogP contribution in [0.3, 0.4) is 0 Å². The number of carbonyl (C=O) groups is 1. The Labute approximate surface area is 112 Å². The summed E-state index contributed by atoms with van der Waals surface area (Å²) in [5.74, 6) is -0.537. The lowest BCUT2D eigenvalue weighted by Gasteiger charge is -2.31. The van der Waals surface area contributed by atoms with Gasteiger partial charge in [-0.15, -0.1) is 12.4 Å². The number of piperidine rings is 1. The van der Waals surface area contributed by atoms with Gasteiger partial charge in [-0.25, -0.2) is 4.39 Å². The molecule has 18 heavy (non-hydrogen) atoms. The second-order valence-corrected chi connectivity index (χ2v) is 4.71. The van der Waals surface area contributed by atoms with E-state index >= 15 is 0 Å². The van der Waals surface area contributed by atoms with Gasteiger partial charge in [-0.1, -0.05) is 12.1 Å². The number of rotatable bonds is 1. The lowest BCUT2D eigenvalue weighted by Crippen LogP contribution is -2.46. The minimum Gasteiger partial charge on any atom is -0.330 e. The number of benzene rings is 1. The van der Waals surface area contributed by atoms with Crippen LogP contribution in [-0.4, -0.2) is 29.9 Å². The molecule has 1 fully saturated rings. The van der Waals surface area contributed by atoms with Crippen molar-refractivity contribution >= 4 is 18.3 Å². The molecule has 0 aliphatic carbocycles. The van der Waals surface area contributed by atoms with E-state index in [-0.39, 0.29) is 29.9 Å². The van der Waals surface area contributed by atoms with E-state index in [2.05, 4.69) is 5.32 Å². The van der Waals surface area contributed by atoms with Crippen molar-refractivity contribution in [3.8, 4) is 0 Å². The van der Waals surface area contributed by atoms with Crippen LogP contribution >= 0.6 is 12.4 Å². The van der Waals surface area contributed by atoms with Crippen molar-refractivity contribution in [3.05, 3.63) is 35.1 Å². The van der Waals surface area contributed by atoms with Crippen LogP contribution in [0.5, 0.6) is 0 Å². The molecule has 5 heteroatoms. The standard InChI is InChI=1S/C13H15FN2O.ClH/c14-11-5-1-3-9-8-16(13(17)12(9)11)10-4-2-6-15-7-10;/h1,3,5,10,15H,2,4,6-8H2;1H/t10-;/m1./s1. The highest BCUT2D eigenvalue weighted by Crippen LogP contribution is 2.28. The Morgan fingerprint density at radius 1 is 1.39 bits per heavy atom. The molecule has 1 saturated heterocycles. The largest absolute Gasteiger partial charge is 0.330 e. The van der Waals surface area contributed by atoms with Crippen molar-refractivity contribution in [1.82, 2.24) is 10.2 Å². The Balaban J connectivity index is 0.00000120. The molecule has 1 aromatic carbocycles. The number of nitrogens with one attached hydrogen (secondary N) is 1. The summed E-state index contributed by atoms with van der Waals surface area (Å²) in [6.45, 7) is 2.39. The van der Waals surface area contributed by atoms with E-state index < -0.39 is 5.82 Å². The van der Waals surface area contributed by atoms with Crippen LogP contribution in [0.2, 0.25) is 0 Å². The Bertz CT molecular complexity index is 460. The first-order valence-electron chi connectivity index (χ1n) is 6.06. The van der Waals surface area contributed by atoms with Gasteiger partial charge in [0, 0.05) is 19.1 Å². The Morgan fingerprint density at radius 2 is 2.22 bits per heavy atom. The summed E-state index contributed by atoms with van der Waals surface area (Å²) in [4.78, 5) is 14.0. The highest BCUT2D eigenvalue weighted by molar-refractivity contribution is 5.98. The molecule has 3 rings (SSSR count). The van der Waals surface area contributed by atoms with E-state index in [9.17, 15) is 9.18 Å². The van der Waals surface area contributed by atoms with Crippen LogP contribution in [0.15, 0.2) is 18.2 Å². The zero-order valence-corrected chi connectivity index (χ0v) is 10.8. The minimum absolute atomic E-state index is 0. The first-order valence-corrected chi connectivity index (χ1v) is 6.06. The van der Waals surface area contributed by atoms with E-state index in [0.29, 0.717) is 6.54 Å². The molecular weight excluding hydrogens is 255 g/mol. The fraction of sp³-hybridized carbons (Fsp3) is 0.462. The van der Waals surface area contributed by atoms with E-state index in [1.807, 2.05) is 6.07 Å². The molecule has 98 valence electrons. The maximum atomic E-state index is 13.6. The Hall–Kier alpha value is -1.13. The van der Waals surface area contributed by atoms with Gasteiger partial charge < -0.3 is 10.2 Å². The second-order valence-electron chi connectivity index (χ2n) is 4.71. The van der Waals surface area contributed by atoms with E-state index in [1.165, 1.54) is 6.07 Å². The van der Waals surface area contributed by atoms with Crippen LogP contribution in [0.25, 0.3) is 0 Å². The molecule has 2 heterocycles. The SMILES string of the molecule is Cl.O=C1c2c(F)cccc2CN1[C@@H]1CCCNC1. The van der Waals surface area contributed by atoms with Crippen molar-refractivity contribution in [3.63, 3.8) is 0 Å². The zero-order valence-electron chi connectivity index (χ0n) is 9.99. The molecule has 0 spiro atoms. The van der Waals surface area contributed by atoms with Gasteiger partial charge in [-0.05, 0) is 31.0 Å². The fourth-order valence-corrected chi connectivity index (χ4v) is 2.73. The van der Waals surface area contributed by atoms with Gasteiger partial charge in [-0.3, -0.25) is 4.79 Å². The van der Waals surface area contributed by atoms with E-state index in [4.69, 9.17) is 0 Å². The lowest BCUT2D eigenvalue weighted by atomic mass is 10.1. The summed E-state index contributed by atoms with van der Waals surface area (Å²) in [7, 11) is 0. The predicted octanol–water partition coefficient (Wildman–Crippen LogP) is 1.96. The molecule has 0 bridgehead atoms. The van der Waals surface area contributed by atoms with Crippen molar-refractivity contribution in [2.45, 2.75) is 25.4 Å². The van der Waals surface area contributed by atoms with Gasteiger partial charge in [0.1, 0.15) is 5.82 Å². The number of halogens is 2. The summed E-state index contributed by atoms with van der Waals surface area (Å²) in [6.07, 6.45) is 2.08. The molecule has 1 N–H and O–H groups in total. The van der Waals surface area contributed by atoms with Crippen molar-refractivity contribution < 1.29 is 9.18 Å². The second kappa shape index (κ2) is 5.24. The monoisotopic (exact) mass is 270 g/mol. The van der Waals surface area contributed by atoms with E-state index in [0.717, 1.165) is 31.5 Å². The molecule has 0 unspecified atom stereocenters. The molecule has 2 aliphatic rings. The number of nitrogens with zero attached hydrogens (tertiary/aromatic N) is 1. The summed E-state index contributed by atoms with van der Waals surface area (Å²) >= 11 is 0. The van der Waals surface area contributed by atoms with Gasteiger partial charge in [0.25, 0.3) is 5.91 Å². The smallest absolute Gasteiger partial charge is 0.257 e. The van der Waals surface area contributed by atoms with Crippen LogP contribution in [0.1, 0.15) is 28.8 Å². The molecule has 1 atom stereocenters. The summed E-state index contributed by atoms with van der Waals surface area (Å²) in [5.41, 5.74) is 1.10. The molecule has 2 aliphatic heterocycles. The summed E-state index contributed by atoms with van der Waals surface area (Å²) < 4.78 is 13.6. The lowest BCUT2D eigenvalue weighted by molar-refractivity contribution is 0.0671. The fourth-order valence-electron chi connectivity index (χ4n) is 2.73. The van der Waals surface area contributed by atoms with Crippen LogP contribution in [0.4, 0.5) is 4.39 Å². The first kappa shape index (κ1) is 13.3. The first-order chi connectivity index (χ1) is 8.27. The van der Waals surface area contributed by atoms with Crippen molar-refractivity contribution in [2.24, 2.45) is 0 Å². The highest BCUT2D eigenvalue weighted by Gasteiger charge is 2.34. The van der Waals surface area contributed by atoms with Gasteiger partial charge in [0.05, 0.1) is 5.56 Å². The highest BCUT2D eigenvalue weighted by atomic mass is 35.5. The number of carbonyl (C=O) groups excluding carboxylic acids is 1. The van der Waals surface area contributed by atoms with Gasteiger partial charge >= 0.3 is 0 Å². The number of fused-ring (bicyclic) bond motifs is 1. The predicted molar refractivity (Wildman–Crippen MR) is 69.4 cm³/mol. The minimum atomic E-state index is -0.390. The molecule has 0 radical (unpaired) electrons. The van der Waals surface area contributed by atoms with Crippen LogP contribution in [0, 0.1) is 5.82 Å². The maximum absolute atomic E-state index is 13.6. The van der Waals surface area contributed by atoms with Crippen LogP contribution < -0.4 is 5.32 Å². The summed E-state index contributed by atoms with van der Waals surface area (Å²) in [6, 6.07) is 5.08. The van der Waals surface area contributed by atoms with Crippen molar-refractivity contribution in [1.29, 1.82) is 0 Å². The number of hydrogen-bond donors (Lipinski definition) is 1. The Morgan fingerprint density at radius 3 is 2.89 bits per heavy atom. The quantitative estimate of drug-likeness (QED) is 0.846. The normalized spacial score (nSPS) is 22.6. The van der Waals surface area contributed by atoms with Crippen molar-refractivity contribution in [2.75, 3.05) is 13.1 Å². The average molecular weight is 271 g/mol. The summed E-state index contributed by atoms with van der Waals surface area (Å²) in [5, 5.41) is 3.29. The maximum Gasteiger partial charge on any atom is 0.257 e. The molecule has 1 amide bonds. The molecule has 0 saturated carbocycles. The third-order valence-corrected chi connectivity index (χ3v) is 3.63. The van der Waals surface area contributed by atoms with Gasteiger partial charge in [-0.2, -0.15) is 0 Å². The number of hydrogen-bond acceptors (Lipinski definition) is 2. The topological polar surface area (TPSA) is 32.3 Å². The van der Waals surface area contributed by atoms with E-state index in [1.54, 1.807) is 11.0 Å². The van der Waals surface area contributed by atoms with Crippen LogP contribution in [-0.2, 0) is 6.54 Å². The Kier molecular flexibility index (Phi) is 3.88. The third kappa shape index (κ3) is 2.10. The molecule has 3 nitrogen and oxygen atoms in total.